The molecule has 0 atom stereocenters. The fourth-order valence-corrected chi connectivity index (χ4v) is 2.63. The monoisotopic (exact) mass is 299 g/mol. The standard InChI is InChI=1S/C17H14ClNO2/c1-21-12-6-4-5-11(9-12)17-16(15(20)10-18)13-7-2-3-8-14(13)19-17/h2-9,19H,10H2,1H3. The maximum atomic E-state index is 12.3. The van der Waals surface area contributed by atoms with Crippen LogP contribution in [0.3, 0.4) is 0 Å². The summed E-state index contributed by atoms with van der Waals surface area (Å²) in [7, 11) is 1.62. The van der Waals surface area contributed by atoms with E-state index in [-0.39, 0.29) is 11.7 Å². The number of halogens is 1. The third-order valence-corrected chi connectivity index (χ3v) is 3.71. The van der Waals surface area contributed by atoms with E-state index in [1.54, 1.807) is 7.11 Å². The van der Waals surface area contributed by atoms with Crippen LogP contribution < -0.4 is 4.74 Å². The van der Waals surface area contributed by atoms with Crippen molar-refractivity contribution in [1.29, 1.82) is 0 Å². The molecule has 0 aliphatic carbocycles. The lowest BCUT2D eigenvalue weighted by Crippen LogP contribution is -2.01. The van der Waals surface area contributed by atoms with Gasteiger partial charge in [-0.1, -0.05) is 30.3 Å². The van der Waals surface area contributed by atoms with Crippen molar-refractivity contribution >= 4 is 28.3 Å². The number of hydrogen-bond acceptors (Lipinski definition) is 2. The van der Waals surface area contributed by atoms with E-state index in [2.05, 4.69) is 4.98 Å². The molecule has 1 N–H and O–H groups in total. The van der Waals surface area contributed by atoms with E-state index in [1.807, 2.05) is 48.5 Å². The summed E-state index contributed by atoms with van der Waals surface area (Å²) in [6.07, 6.45) is 0. The second-order valence-corrected chi connectivity index (χ2v) is 4.98. The zero-order chi connectivity index (χ0) is 14.8. The van der Waals surface area contributed by atoms with E-state index in [0.29, 0.717) is 5.56 Å². The number of aromatic amines is 1. The van der Waals surface area contributed by atoms with Gasteiger partial charge in [0.05, 0.1) is 24.2 Å². The van der Waals surface area contributed by atoms with Gasteiger partial charge < -0.3 is 9.72 Å². The van der Waals surface area contributed by atoms with Crippen molar-refractivity contribution in [3.05, 3.63) is 54.1 Å². The van der Waals surface area contributed by atoms with Gasteiger partial charge in [0, 0.05) is 16.5 Å². The molecule has 3 nitrogen and oxygen atoms in total. The number of benzene rings is 2. The van der Waals surface area contributed by atoms with Gasteiger partial charge in [-0.05, 0) is 18.2 Å². The van der Waals surface area contributed by atoms with Crippen LogP contribution in [0.25, 0.3) is 22.2 Å². The number of methoxy groups -OCH3 is 1. The Kier molecular flexibility index (Phi) is 3.67. The molecular weight excluding hydrogens is 286 g/mol. The first kappa shape index (κ1) is 13.7. The molecule has 2 aromatic carbocycles. The van der Waals surface area contributed by atoms with Crippen molar-refractivity contribution in [2.24, 2.45) is 0 Å². The van der Waals surface area contributed by atoms with E-state index in [4.69, 9.17) is 16.3 Å². The third-order valence-electron chi connectivity index (χ3n) is 3.46. The van der Waals surface area contributed by atoms with Crippen molar-refractivity contribution < 1.29 is 9.53 Å². The quantitative estimate of drug-likeness (QED) is 0.577. The zero-order valence-corrected chi connectivity index (χ0v) is 12.3. The Labute approximate surface area is 127 Å². The summed E-state index contributed by atoms with van der Waals surface area (Å²) < 4.78 is 5.25. The van der Waals surface area contributed by atoms with Gasteiger partial charge in [0.2, 0.25) is 0 Å². The van der Waals surface area contributed by atoms with Crippen LogP contribution in [-0.2, 0) is 0 Å². The van der Waals surface area contributed by atoms with Crippen LogP contribution in [-0.4, -0.2) is 23.8 Å². The number of nitrogens with one attached hydrogen (secondary N) is 1. The number of fused-ring (bicyclic) bond motifs is 1. The smallest absolute Gasteiger partial charge is 0.180 e. The number of H-pyrrole nitrogens is 1. The number of rotatable bonds is 4. The first-order valence-electron chi connectivity index (χ1n) is 6.59. The molecule has 3 rings (SSSR count). The minimum absolute atomic E-state index is 0.0428. The van der Waals surface area contributed by atoms with Crippen molar-refractivity contribution in [3.63, 3.8) is 0 Å². The lowest BCUT2D eigenvalue weighted by atomic mass is 10.0. The Bertz CT molecular complexity index is 807. The van der Waals surface area contributed by atoms with Crippen LogP contribution in [0, 0.1) is 0 Å². The average molecular weight is 300 g/mol. The number of alkyl halides is 1. The summed E-state index contributed by atoms with van der Waals surface area (Å²) in [5.74, 6) is 0.612. The summed E-state index contributed by atoms with van der Waals surface area (Å²) in [6.45, 7) is 0. The molecule has 0 saturated heterocycles. The van der Waals surface area contributed by atoms with Crippen LogP contribution in [0.1, 0.15) is 10.4 Å². The number of aromatic nitrogens is 1. The fraction of sp³-hybridized carbons (Fsp3) is 0.118. The number of Topliss-reactive ketones (excluding diaryl/α,β-unsaturated/α-hetero) is 1. The first-order valence-corrected chi connectivity index (χ1v) is 7.12. The lowest BCUT2D eigenvalue weighted by molar-refractivity contribution is 0.102. The predicted molar refractivity (Wildman–Crippen MR) is 85.3 cm³/mol. The van der Waals surface area contributed by atoms with E-state index in [1.165, 1.54) is 0 Å². The van der Waals surface area contributed by atoms with Crippen LogP contribution >= 0.6 is 11.6 Å². The summed E-state index contributed by atoms with van der Waals surface area (Å²) in [5, 5.41) is 0.890. The molecule has 0 aliphatic heterocycles. The molecule has 4 heteroatoms. The number of carbonyl (C=O) groups is 1. The molecule has 106 valence electrons. The van der Waals surface area contributed by atoms with Gasteiger partial charge in [-0.15, -0.1) is 11.6 Å². The molecule has 0 aliphatic rings. The molecule has 0 bridgehead atoms. The molecule has 0 fully saturated rings. The molecule has 0 amide bonds. The molecule has 3 aromatic rings. The van der Waals surface area contributed by atoms with Gasteiger partial charge in [0.25, 0.3) is 0 Å². The third kappa shape index (κ3) is 2.41. The van der Waals surface area contributed by atoms with E-state index >= 15 is 0 Å². The van der Waals surface area contributed by atoms with Crippen LogP contribution in [0.2, 0.25) is 0 Å². The summed E-state index contributed by atoms with van der Waals surface area (Å²) in [4.78, 5) is 15.6. The number of hydrogen-bond donors (Lipinski definition) is 1. The molecule has 0 saturated carbocycles. The minimum Gasteiger partial charge on any atom is -0.497 e. The molecule has 1 aromatic heterocycles. The molecule has 0 unspecified atom stereocenters. The number of carbonyl (C=O) groups excluding carboxylic acids is 1. The van der Waals surface area contributed by atoms with Crippen LogP contribution in [0.5, 0.6) is 5.75 Å². The van der Waals surface area contributed by atoms with Gasteiger partial charge in [-0.3, -0.25) is 4.79 Å². The first-order chi connectivity index (χ1) is 10.2. The highest BCUT2D eigenvalue weighted by Gasteiger charge is 2.18. The largest absolute Gasteiger partial charge is 0.497 e. The zero-order valence-electron chi connectivity index (χ0n) is 11.5. The van der Waals surface area contributed by atoms with Gasteiger partial charge in [-0.25, -0.2) is 0 Å². The van der Waals surface area contributed by atoms with Crippen molar-refractivity contribution in [2.75, 3.05) is 13.0 Å². The molecule has 0 spiro atoms. The number of ketones is 1. The Morgan fingerprint density at radius 1 is 1.19 bits per heavy atom. The Morgan fingerprint density at radius 3 is 2.76 bits per heavy atom. The number of para-hydroxylation sites is 1. The van der Waals surface area contributed by atoms with Crippen molar-refractivity contribution in [3.8, 4) is 17.0 Å². The van der Waals surface area contributed by atoms with Gasteiger partial charge in [0.15, 0.2) is 5.78 Å². The molecular formula is C17H14ClNO2. The van der Waals surface area contributed by atoms with E-state index in [9.17, 15) is 4.79 Å². The summed E-state index contributed by atoms with van der Waals surface area (Å²) in [6, 6.07) is 15.3. The fourth-order valence-electron chi connectivity index (χ4n) is 2.49. The Balaban J connectivity index is 2.28. The topological polar surface area (TPSA) is 42.1 Å². The second-order valence-electron chi connectivity index (χ2n) is 4.71. The highest BCUT2D eigenvalue weighted by Crippen LogP contribution is 2.32. The molecule has 21 heavy (non-hydrogen) atoms. The van der Waals surface area contributed by atoms with Crippen LogP contribution in [0.15, 0.2) is 48.5 Å². The van der Waals surface area contributed by atoms with Gasteiger partial charge >= 0.3 is 0 Å². The maximum Gasteiger partial charge on any atom is 0.180 e. The summed E-state index contributed by atoms with van der Waals surface area (Å²) >= 11 is 5.77. The highest BCUT2D eigenvalue weighted by atomic mass is 35.5. The SMILES string of the molecule is COc1cccc(-c2[nH]c3ccccc3c2C(=O)CCl)c1. The lowest BCUT2D eigenvalue weighted by Gasteiger charge is -2.05. The van der Waals surface area contributed by atoms with E-state index < -0.39 is 0 Å². The average Bonchev–Trinajstić information content (AvgIpc) is 2.93. The van der Waals surface area contributed by atoms with E-state index in [0.717, 1.165) is 27.9 Å². The van der Waals surface area contributed by atoms with Gasteiger partial charge in [0.1, 0.15) is 5.75 Å². The van der Waals surface area contributed by atoms with Crippen molar-refractivity contribution in [2.45, 2.75) is 0 Å². The minimum atomic E-state index is -0.0908. The Hall–Kier alpha value is -2.26. The normalized spacial score (nSPS) is 10.8. The van der Waals surface area contributed by atoms with Crippen molar-refractivity contribution in [1.82, 2.24) is 4.98 Å². The predicted octanol–water partition coefficient (Wildman–Crippen LogP) is 4.27. The number of ether oxygens (including phenoxy) is 1. The second kappa shape index (κ2) is 5.62. The molecule has 0 radical (unpaired) electrons. The van der Waals surface area contributed by atoms with Gasteiger partial charge in [-0.2, -0.15) is 0 Å². The summed E-state index contributed by atoms with van der Waals surface area (Å²) in [5.41, 5.74) is 3.23. The van der Waals surface area contributed by atoms with Crippen LogP contribution in [0.4, 0.5) is 0 Å². The highest BCUT2D eigenvalue weighted by molar-refractivity contribution is 6.33. The maximum absolute atomic E-state index is 12.3. The Morgan fingerprint density at radius 2 is 2.00 bits per heavy atom. The molecule has 1 heterocycles.